The Morgan fingerprint density at radius 2 is 2.00 bits per heavy atom. The van der Waals surface area contributed by atoms with Crippen LogP contribution in [0.1, 0.15) is 23.0 Å². The van der Waals surface area contributed by atoms with Gasteiger partial charge in [-0.2, -0.15) is 0 Å². The number of pyridine rings is 1. The zero-order valence-corrected chi connectivity index (χ0v) is 11.4. The highest BCUT2D eigenvalue weighted by atomic mass is 16.1. The number of amides is 1. The minimum atomic E-state index is -0.163. The van der Waals surface area contributed by atoms with Crippen LogP contribution in [0.4, 0.5) is 11.4 Å². The normalized spacial score (nSPS) is 10.1. The first kappa shape index (κ1) is 13.9. The second-order valence-corrected chi connectivity index (χ2v) is 4.38. The van der Waals surface area contributed by atoms with Crippen molar-refractivity contribution in [1.82, 2.24) is 10.3 Å². The number of carbonyl (C=O) groups is 1. The SMILES string of the molecule is CCNC(=O)c1cc(NCc2ccc(N)cc2)ccn1. The molecule has 1 heterocycles. The second-order valence-electron chi connectivity index (χ2n) is 4.38. The third-order valence-corrected chi connectivity index (χ3v) is 2.81. The van der Waals surface area contributed by atoms with Crippen LogP contribution in [-0.4, -0.2) is 17.4 Å². The Morgan fingerprint density at radius 3 is 2.70 bits per heavy atom. The van der Waals surface area contributed by atoms with Gasteiger partial charge in [0.15, 0.2) is 0 Å². The van der Waals surface area contributed by atoms with E-state index in [9.17, 15) is 4.79 Å². The smallest absolute Gasteiger partial charge is 0.269 e. The van der Waals surface area contributed by atoms with Crippen molar-refractivity contribution in [3.05, 3.63) is 53.9 Å². The number of anilines is 2. The molecule has 0 fully saturated rings. The number of nitrogen functional groups attached to an aromatic ring is 1. The third kappa shape index (κ3) is 3.71. The molecule has 0 spiro atoms. The third-order valence-electron chi connectivity index (χ3n) is 2.81. The van der Waals surface area contributed by atoms with Gasteiger partial charge in [-0.3, -0.25) is 9.78 Å². The first-order valence-corrected chi connectivity index (χ1v) is 6.51. The summed E-state index contributed by atoms with van der Waals surface area (Å²) in [4.78, 5) is 15.7. The molecule has 104 valence electrons. The molecule has 0 bridgehead atoms. The number of nitrogens with zero attached hydrogens (tertiary/aromatic N) is 1. The summed E-state index contributed by atoms with van der Waals surface area (Å²) in [6.07, 6.45) is 1.62. The maximum absolute atomic E-state index is 11.7. The molecule has 0 unspecified atom stereocenters. The highest BCUT2D eigenvalue weighted by Gasteiger charge is 2.06. The minimum absolute atomic E-state index is 0.163. The van der Waals surface area contributed by atoms with E-state index in [1.807, 2.05) is 37.3 Å². The van der Waals surface area contributed by atoms with Crippen molar-refractivity contribution in [2.75, 3.05) is 17.6 Å². The lowest BCUT2D eigenvalue weighted by Crippen LogP contribution is -2.23. The summed E-state index contributed by atoms with van der Waals surface area (Å²) in [6.45, 7) is 3.13. The van der Waals surface area contributed by atoms with Gasteiger partial charge in [0.05, 0.1) is 0 Å². The number of aromatic nitrogens is 1. The molecule has 0 aliphatic rings. The fourth-order valence-corrected chi connectivity index (χ4v) is 1.76. The van der Waals surface area contributed by atoms with E-state index >= 15 is 0 Å². The molecule has 0 aliphatic heterocycles. The largest absolute Gasteiger partial charge is 0.399 e. The van der Waals surface area contributed by atoms with Gasteiger partial charge in [0.25, 0.3) is 5.91 Å². The molecule has 20 heavy (non-hydrogen) atoms. The Morgan fingerprint density at radius 1 is 1.25 bits per heavy atom. The number of carbonyl (C=O) groups excluding carboxylic acids is 1. The number of nitrogens with one attached hydrogen (secondary N) is 2. The van der Waals surface area contributed by atoms with E-state index in [-0.39, 0.29) is 5.91 Å². The Labute approximate surface area is 118 Å². The first-order chi connectivity index (χ1) is 9.69. The summed E-state index contributed by atoms with van der Waals surface area (Å²) in [5.41, 5.74) is 8.78. The summed E-state index contributed by atoms with van der Waals surface area (Å²) in [7, 11) is 0. The molecular formula is C15H18N4O. The van der Waals surface area contributed by atoms with Gasteiger partial charge >= 0.3 is 0 Å². The lowest BCUT2D eigenvalue weighted by molar-refractivity contribution is 0.0951. The van der Waals surface area contributed by atoms with Crippen molar-refractivity contribution >= 4 is 17.3 Å². The highest BCUT2D eigenvalue weighted by molar-refractivity contribution is 5.93. The van der Waals surface area contributed by atoms with Gasteiger partial charge in [0, 0.05) is 30.7 Å². The molecule has 1 aromatic heterocycles. The summed E-state index contributed by atoms with van der Waals surface area (Å²) in [5, 5.41) is 5.98. The Kier molecular flexibility index (Phi) is 4.55. The zero-order chi connectivity index (χ0) is 14.4. The van der Waals surface area contributed by atoms with Gasteiger partial charge in [-0.25, -0.2) is 0 Å². The number of hydrogen-bond donors (Lipinski definition) is 3. The summed E-state index contributed by atoms with van der Waals surface area (Å²) in [6, 6.07) is 11.2. The fraction of sp³-hybridized carbons (Fsp3) is 0.200. The molecule has 0 saturated carbocycles. The maximum atomic E-state index is 11.7. The van der Waals surface area contributed by atoms with Crippen molar-refractivity contribution in [2.24, 2.45) is 0 Å². The highest BCUT2D eigenvalue weighted by Crippen LogP contribution is 2.11. The number of rotatable bonds is 5. The van der Waals surface area contributed by atoms with Crippen LogP contribution in [0.15, 0.2) is 42.6 Å². The van der Waals surface area contributed by atoms with E-state index in [2.05, 4.69) is 15.6 Å². The van der Waals surface area contributed by atoms with Gasteiger partial charge in [0.1, 0.15) is 5.69 Å². The van der Waals surface area contributed by atoms with E-state index in [4.69, 9.17) is 5.73 Å². The van der Waals surface area contributed by atoms with E-state index in [0.717, 1.165) is 16.9 Å². The molecule has 4 N–H and O–H groups in total. The van der Waals surface area contributed by atoms with Crippen LogP contribution in [0.3, 0.4) is 0 Å². The number of hydrogen-bond acceptors (Lipinski definition) is 4. The topological polar surface area (TPSA) is 80.0 Å². The number of benzene rings is 1. The predicted octanol–water partition coefficient (Wildman–Crippen LogP) is 2.03. The van der Waals surface area contributed by atoms with E-state index in [0.29, 0.717) is 18.8 Å². The Bertz CT molecular complexity index is 581. The van der Waals surface area contributed by atoms with Crippen molar-refractivity contribution in [2.45, 2.75) is 13.5 Å². The average Bonchev–Trinajstić information content (AvgIpc) is 2.47. The monoisotopic (exact) mass is 270 g/mol. The van der Waals surface area contributed by atoms with Crippen LogP contribution < -0.4 is 16.4 Å². The average molecular weight is 270 g/mol. The molecule has 0 saturated heterocycles. The minimum Gasteiger partial charge on any atom is -0.399 e. The van der Waals surface area contributed by atoms with Crippen LogP contribution in [0.5, 0.6) is 0 Å². The molecule has 1 amide bonds. The number of nitrogens with two attached hydrogens (primary N) is 1. The summed E-state index contributed by atoms with van der Waals surface area (Å²) < 4.78 is 0. The molecule has 5 heteroatoms. The fourth-order valence-electron chi connectivity index (χ4n) is 1.76. The quantitative estimate of drug-likeness (QED) is 0.726. The van der Waals surface area contributed by atoms with Crippen molar-refractivity contribution < 1.29 is 4.79 Å². The molecule has 0 atom stereocenters. The van der Waals surface area contributed by atoms with E-state index < -0.39 is 0 Å². The molecule has 0 radical (unpaired) electrons. The molecular weight excluding hydrogens is 252 g/mol. The maximum Gasteiger partial charge on any atom is 0.269 e. The lowest BCUT2D eigenvalue weighted by atomic mass is 10.2. The van der Waals surface area contributed by atoms with Gasteiger partial charge < -0.3 is 16.4 Å². The summed E-state index contributed by atoms with van der Waals surface area (Å²) >= 11 is 0. The Hall–Kier alpha value is -2.56. The van der Waals surface area contributed by atoms with Crippen LogP contribution in [0, 0.1) is 0 Å². The van der Waals surface area contributed by atoms with E-state index in [1.165, 1.54) is 0 Å². The zero-order valence-electron chi connectivity index (χ0n) is 11.4. The molecule has 2 aromatic rings. The van der Waals surface area contributed by atoms with Crippen LogP contribution in [0.2, 0.25) is 0 Å². The molecule has 1 aromatic carbocycles. The van der Waals surface area contributed by atoms with Gasteiger partial charge in [-0.15, -0.1) is 0 Å². The van der Waals surface area contributed by atoms with Gasteiger partial charge in [-0.05, 0) is 36.8 Å². The van der Waals surface area contributed by atoms with E-state index in [1.54, 1.807) is 12.3 Å². The predicted molar refractivity (Wildman–Crippen MR) is 80.4 cm³/mol. The molecule has 0 aliphatic carbocycles. The van der Waals surface area contributed by atoms with Crippen molar-refractivity contribution in [3.8, 4) is 0 Å². The molecule has 5 nitrogen and oxygen atoms in total. The lowest BCUT2D eigenvalue weighted by Gasteiger charge is -2.08. The van der Waals surface area contributed by atoms with Crippen LogP contribution in [0.25, 0.3) is 0 Å². The summed E-state index contributed by atoms with van der Waals surface area (Å²) in [5.74, 6) is -0.163. The molecule has 2 rings (SSSR count). The van der Waals surface area contributed by atoms with Crippen molar-refractivity contribution in [3.63, 3.8) is 0 Å². The first-order valence-electron chi connectivity index (χ1n) is 6.51. The van der Waals surface area contributed by atoms with Crippen molar-refractivity contribution in [1.29, 1.82) is 0 Å². The van der Waals surface area contributed by atoms with Gasteiger partial charge in [0.2, 0.25) is 0 Å². The van der Waals surface area contributed by atoms with Gasteiger partial charge in [-0.1, -0.05) is 12.1 Å². The standard InChI is InChI=1S/C15H18N4O/c1-2-17-15(20)14-9-13(7-8-18-14)19-10-11-3-5-12(16)6-4-11/h3-9H,2,10,16H2,1H3,(H,17,20)(H,18,19). The van der Waals surface area contributed by atoms with Crippen LogP contribution >= 0.6 is 0 Å². The van der Waals surface area contributed by atoms with Crippen LogP contribution in [-0.2, 0) is 6.54 Å². The second kappa shape index (κ2) is 6.56. The Balaban J connectivity index is 2.01.